The van der Waals surface area contributed by atoms with Crippen molar-refractivity contribution >= 4 is 0 Å². The van der Waals surface area contributed by atoms with Gasteiger partial charge in [0.25, 0.3) is 0 Å². The van der Waals surface area contributed by atoms with Gasteiger partial charge in [-0.25, -0.2) is 0 Å². The Balaban J connectivity index is 1.54. The highest BCUT2D eigenvalue weighted by atomic mass is 16.5. The van der Waals surface area contributed by atoms with Crippen LogP contribution in [0.2, 0.25) is 0 Å². The van der Waals surface area contributed by atoms with Crippen LogP contribution in [0.5, 0.6) is 0 Å². The first-order valence-corrected chi connectivity index (χ1v) is 6.41. The van der Waals surface area contributed by atoms with Gasteiger partial charge in [-0.05, 0) is 25.8 Å². The normalized spacial score (nSPS) is 31.7. The highest BCUT2D eigenvalue weighted by molar-refractivity contribution is 4.80. The molecule has 0 atom stereocenters. The predicted molar refractivity (Wildman–Crippen MR) is 63.5 cm³/mol. The predicted octanol–water partition coefficient (Wildman–Crippen LogP) is 0.0213. The summed E-state index contributed by atoms with van der Waals surface area (Å²) in [5, 5.41) is 9.22. The lowest BCUT2D eigenvalue weighted by molar-refractivity contribution is 0.0187. The molecule has 1 heterocycles. The molecule has 1 saturated heterocycles. The molecule has 0 amide bonds. The van der Waals surface area contributed by atoms with Gasteiger partial charge in [-0.15, -0.1) is 0 Å². The second kappa shape index (κ2) is 5.96. The average molecular weight is 228 g/mol. The van der Waals surface area contributed by atoms with E-state index in [0.717, 1.165) is 64.7 Å². The molecule has 0 spiro atoms. The fourth-order valence-electron chi connectivity index (χ4n) is 2.52. The van der Waals surface area contributed by atoms with Crippen molar-refractivity contribution in [2.75, 3.05) is 53.0 Å². The number of morpholine rings is 1. The van der Waals surface area contributed by atoms with Crippen molar-refractivity contribution in [3.8, 4) is 0 Å². The molecule has 2 aliphatic rings. The number of aliphatic hydroxyl groups is 1. The molecule has 1 aliphatic carbocycles. The molecule has 1 saturated carbocycles. The van der Waals surface area contributed by atoms with Gasteiger partial charge in [0.05, 0.1) is 19.3 Å². The molecular formula is C12H24N2O2. The van der Waals surface area contributed by atoms with Gasteiger partial charge in [-0.1, -0.05) is 0 Å². The van der Waals surface area contributed by atoms with Gasteiger partial charge in [0.15, 0.2) is 0 Å². The van der Waals surface area contributed by atoms with Gasteiger partial charge in [-0.3, -0.25) is 4.90 Å². The van der Waals surface area contributed by atoms with E-state index < -0.39 is 0 Å². The molecule has 2 fully saturated rings. The monoisotopic (exact) mass is 228 g/mol. The summed E-state index contributed by atoms with van der Waals surface area (Å²) in [7, 11) is 2.19. The van der Waals surface area contributed by atoms with E-state index in [2.05, 4.69) is 16.8 Å². The summed E-state index contributed by atoms with van der Waals surface area (Å²) in [6, 6.07) is 0. The molecule has 0 unspecified atom stereocenters. The van der Waals surface area contributed by atoms with Crippen LogP contribution in [-0.4, -0.2) is 74.0 Å². The highest BCUT2D eigenvalue weighted by Gasteiger charge is 2.27. The largest absolute Gasteiger partial charge is 0.393 e. The van der Waals surface area contributed by atoms with E-state index in [4.69, 9.17) is 4.74 Å². The number of rotatable bonds is 5. The lowest BCUT2D eigenvalue weighted by atomic mass is 9.82. The van der Waals surface area contributed by atoms with Gasteiger partial charge < -0.3 is 14.7 Å². The van der Waals surface area contributed by atoms with Gasteiger partial charge in [-0.2, -0.15) is 0 Å². The molecule has 94 valence electrons. The van der Waals surface area contributed by atoms with Crippen molar-refractivity contribution in [1.29, 1.82) is 0 Å². The van der Waals surface area contributed by atoms with Crippen molar-refractivity contribution in [3.05, 3.63) is 0 Å². The van der Waals surface area contributed by atoms with Crippen LogP contribution >= 0.6 is 0 Å². The van der Waals surface area contributed by atoms with E-state index >= 15 is 0 Å². The Morgan fingerprint density at radius 3 is 2.62 bits per heavy atom. The third-order valence-electron chi connectivity index (χ3n) is 3.68. The highest BCUT2D eigenvalue weighted by Crippen LogP contribution is 2.27. The summed E-state index contributed by atoms with van der Waals surface area (Å²) in [6.45, 7) is 7.35. The van der Waals surface area contributed by atoms with Crippen LogP contribution in [0.4, 0.5) is 0 Å². The Morgan fingerprint density at radius 1 is 1.31 bits per heavy atom. The second-order valence-electron chi connectivity index (χ2n) is 5.21. The number of aliphatic hydroxyl groups excluding tert-OH is 1. The number of hydrogen-bond donors (Lipinski definition) is 1. The Hall–Kier alpha value is -0.160. The average Bonchev–Trinajstić information content (AvgIpc) is 2.26. The van der Waals surface area contributed by atoms with Gasteiger partial charge in [0.1, 0.15) is 0 Å². The number of ether oxygens (including phenoxy) is 1. The Labute approximate surface area is 98.2 Å². The van der Waals surface area contributed by atoms with Gasteiger partial charge in [0.2, 0.25) is 0 Å². The van der Waals surface area contributed by atoms with Crippen molar-refractivity contribution in [1.82, 2.24) is 9.80 Å². The fourth-order valence-corrected chi connectivity index (χ4v) is 2.52. The molecule has 1 N–H and O–H groups in total. The molecule has 0 aromatic heterocycles. The van der Waals surface area contributed by atoms with Crippen molar-refractivity contribution in [3.63, 3.8) is 0 Å². The molecule has 1 aliphatic heterocycles. The number of nitrogens with zero attached hydrogens (tertiary/aromatic N) is 2. The first-order chi connectivity index (χ1) is 7.74. The molecule has 0 radical (unpaired) electrons. The van der Waals surface area contributed by atoms with Gasteiger partial charge >= 0.3 is 0 Å². The summed E-state index contributed by atoms with van der Waals surface area (Å²) in [5.74, 6) is 0.727. The summed E-state index contributed by atoms with van der Waals surface area (Å²) in [4.78, 5) is 4.86. The van der Waals surface area contributed by atoms with Crippen LogP contribution in [0.25, 0.3) is 0 Å². The zero-order chi connectivity index (χ0) is 11.4. The van der Waals surface area contributed by atoms with Crippen LogP contribution in [0.3, 0.4) is 0 Å². The first kappa shape index (κ1) is 12.3. The minimum Gasteiger partial charge on any atom is -0.393 e. The van der Waals surface area contributed by atoms with E-state index in [1.54, 1.807) is 0 Å². The molecule has 0 bridgehead atoms. The number of likely N-dealkylation sites (N-methyl/N-ethyl adjacent to an activating group) is 1. The van der Waals surface area contributed by atoms with Crippen LogP contribution in [0, 0.1) is 5.92 Å². The molecular weight excluding hydrogens is 204 g/mol. The van der Waals surface area contributed by atoms with Crippen LogP contribution in [-0.2, 0) is 4.74 Å². The maximum atomic E-state index is 9.22. The first-order valence-electron chi connectivity index (χ1n) is 6.41. The topological polar surface area (TPSA) is 35.9 Å². The zero-order valence-corrected chi connectivity index (χ0v) is 10.3. The summed E-state index contributed by atoms with van der Waals surface area (Å²) in [6.07, 6.45) is 1.99. The van der Waals surface area contributed by atoms with Crippen molar-refractivity contribution < 1.29 is 9.84 Å². The maximum Gasteiger partial charge on any atom is 0.0594 e. The Bertz CT molecular complexity index is 201. The fraction of sp³-hybridized carbons (Fsp3) is 1.00. The molecule has 16 heavy (non-hydrogen) atoms. The van der Waals surface area contributed by atoms with Gasteiger partial charge in [0, 0.05) is 32.7 Å². The van der Waals surface area contributed by atoms with E-state index in [1.165, 1.54) is 0 Å². The number of hydrogen-bond acceptors (Lipinski definition) is 4. The van der Waals surface area contributed by atoms with E-state index in [0.29, 0.717) is 0 Å². The van der Waals surface area contributed by atoms with Crippen LogP contribution in [0.15, 0.2) is 0 Å². The molecule has 4 heteroatoms. The maximum absolute atomic E-state index is 9.22. The standard InChI is InChI=1S/C12H24N2O2/c1-13(10-11-8-12(15)9-11)2-3-14-4-6-16-7-5-14/h11-12,15H,2-10H2,1H3. The minimum atomic E-state index is -0.0161. The lowest BCUT2D eigenvalue weighted by Gasteiger charge is -2.35. The van der Waals surface area contributed by atoms with E-state index in [1.807, 2.05) is 0 Å². The third kappa shape index (κ3) is 3.70. The summed E-state index contributed by atoms with van der Waals surface area (Å²) in [5.41, 5.74) is 0. The SMILES string of the molecule is CN(CCN1CCOCC1)CC1CC(O)C1. The Kier molecular flexibility index (Phi) is 4.58. The summed E-state index contributed by atoms with van der Waals surface area (Å²) >= 11 is 0. The molecule has 2 rings (SSSR count). The lowest BCUT2D eigenvalue weighted by Crippen LogP contribution is -2.43. The molecule has 4 nitrogen and oxygen atoms in total. The third-order valence-corrected chi connectivity index (χ3v) is 3.68. The van der Waals surface area contributed by atoms with E-state index in [9.17, 15) is 5.11 Å². The van der Waals surface area contributed by atoms with Crippen LogP contribution < -0.4 is 0 Å². The summed E-state index contributed by atoms with van der Waals surface area (Å²) < 4.78 is 5.33. The molecule has 0 aromatic carbocycles. The van der Waals surface area contributed by atoms with Crippen molar-refractivity contribution in [2.45, 2.75) is 18.9 Å². The quantitative estimate of drug-likeness (QED) is 0.720. The second-order valence-corrected chi connectivity index (χ2v) is 5.21. The Morgan fingerprint density at radius 2 is 2.00 bits per heavy atom. The minimum absolute atomic E-state index is 0.0161. The van der Waals surface area contributed by atoms with Crippen LogP contribution in [0.1, 0.15) is 12.8 Å². The van der Waals surface area contributed by atoms with E-state index in [-0.39, 0.29) is 6.10 Å². The molecule has 0 aromatic rings. The zero-order valence-electron chi connectivity index (χ0n) is 10.3. The van der Waals surface area contributed by atoms with Crippen molar-refractivity contribution in [2.24, 2.45) is 5.92 Å². The smallest absolute Gasteiger partial charge is 0.0594 e.